The molecule has 1 aromatic rings. The quantitative estimate of drug-likeness (QED) is 0.721. The fourth-order valence-electron chi connectivity index (χ4n) is 3.55. The Kier molecular flexibility index (Phi) is 3.53. The fraction of sp³-hybridized carbons (Fsp3) is 0.533. The van der Waals surface area contributed by atoms with Crippen molar-refractivity contribution < 1.29 is 14.7 Å². The van der Waals surface area contributed by atoms with Gasteiger partial charge in [0.15, 0.2) is 5.82 Å². The van der Waals surface area contributed by atoms with Gasteiger partial charge >= 0.3 is 5.97 Å². The van der Waals surface area contributed by atoms with Crippen LogP contribution in [0.2, 0.25) is 0 Å². The SMILES string of the molecule is CCCc1cc(NC(=O)[C@H]2C3C=CC(C3)[C@H]2C(=O)O)n[nH]1. The summed E-state index contributed by atoms with van der Waals surface area (Å²) in [5, 5.41) is 19.0. The summed E-state index contributed by atoms with van der Waals surface area (Å²) in [6, 6.07) is 1.81. The Morgan fingerprint density at radius 3 is 2.76 bits per heavy atom. The summed E-state index contributed by atoms with van der Waals surface area (Å²) in [5.41, 5.74) is 0.968. The van der Waals surface area contributed by atoms with Crippen molar-refractivity contribution in [2.75, 3.05) is 5.32 Å². The normalized spacial score (nSPS) is 29.8. The minimum atomic E-state index is -0.888. The lowest BCUT2D eigenvalue weighted by atomic mass is 9.82. The molecule has 1 amide bonds. The molecule has 112 valence electrons. The summed E-state index contributed by atoms with van der Waals surface area (Å²) in [5.74, 6) is -1.75. The number of nitrogens with one attached hydrogen (secondary N) is 2. The van der Waals surface area contributed by atoms with Crippen LogP contribution in [0.4, 0.5) is 5.82 Å². The molecule has 6 nitrogen and oxygen atoms in total. The van der Waals surface area contributed by atoms with E-state index in [1.165, 1.54) is 0 Å². The molecular weight excluding hydrogens is 270 g/mol. The zero-order chi connectivity index (χ0) is 15.0. The molecule has 2 bridgehead atoms. The number of anilines is 1. The third-order valence-electron chi connectivity index (χ3n) is 4.45. The van der Waals surface area contributed by atoms with E-state index in [9.17, 15) is 14.7 Å². The molecule has 3 N–H and O–H groups in total. The van der Waals surface area contributed by atoms with Crippen molar-refractivity contribution in [3.05, 3.63) is 23.9 Å². The summed E-state index contributed by atoms with van der Waals surface area (Å²) in [4.78, 5) is 23.8. The zero-order valence-electron chi connectivity index (χ0n) is 11.9. The van der Waals surface area contributed by atoms with Crippen LogP contribution in [0.15, 0.2) is 18.2 Å². The average Bonchev–Trinajstić information content (AvgIpc) is 3.13. The number of aliphatic carboxylic acids is 1. The number of hydrogen-bond acceptors (Lipinski definition) is 3. The maximum Gasteiger partial charge on any atom is 0.307 e. The highest BCUT2D eigenvalue weighted by Crippen LogP contribution is 2.48. The van der Waals surface area contributed by atoms with Crippen LogP contribution in [-0.2, 0) is 16.0 Å². The molecule has 0 radical (unpaired) electrons. The first kappa shape index (κ1) is 13.9. The molecule has 1 aromatic heterocycles. The number of amides is 1. The first-order chi connectivity index (χ1) is 10.1. The van der Waals surface area contributed by atoms with Crippen LogP contribution in [0.25, 0.3) is 0 Å². The number of rotatable bonds is 5. The Balaban J connectivity index is 1.72. The number of nitrogens with zero attached hydrogens (tertiary/aromatic N) is 1. The van der Waals surface area contributed by atoms with E-state index in [0.717, 1.165) is 25.0 Å². The van der Waals surface area contributed by atoms with E-state index in [-0.39, 0.29) is 17.7 Å². The second-order valence-corrected chi connectivity index (χ2v) is 5.86. The summed E-state index contributed by atoms with van der Waals surface area (Å²) >= 11 is 0. The molecule has 6 heteroatoms. The summed E-state index contributed by atoms with van der Waals surface area (Å²) < 4.78 is 0. The number of carbonyl (C=O) groups is 2. The third kappa shape index (κ3) is 2.46. The van der Waals surface area contributed by atoms with Gasteiger partial charge in [-0.2, -0.15) is 5.10 Å². The largest absolute Gasteiger partial charge is 0.481 e. The highest BCUT2D eigenvalue weighted by molar-refractivity contribution is 5.95. The van der Waals surface area contributed by atoms with Crippen LogP contribution in [0, 0.1) is 23.7 Å². The lowest BCUT2D eigenvalue weighted by molar-refractivity contribution is -0.146. The molecule has 2 aliphatic rings. The van der Waals surface area contributed by atoms with Crippen molar-refractivity contribution in [1.82, 2.24) is 10.2 Å². The van der Waals surface area contributed by atoms with Gasteiger partial charge in [-0.1, -0.05) is 25.5 Å². The number of carboxylic acid groups (broad SMARTS) is 1. The molecule has 0 aliphatic heterocycles. The maximum atomic E-state index is 12.4. The number of carbonyl (C=O) groups excluding carboxylic acids is 1. The smallest absolute Gasteiger partial charge is 0.307 e. The van der Waals surface area contributed by atoms with Gasteiger partial charge in [-0.3, -0.25) is 14.7 Å². The summed E-state index contributed by atoms with van der Waals surface area (Å²) in [7, 11) is 0. The van der Waals surface area contributed by atoms with Gasteiger partial charge in [-0.25, -0.2) is 0 Å². The molecule has 2 aliphatic carbocycles. The first-order valence-corrected chi connectivity index (χ1v) is 7.36. The van der Waals surface area contributed by atoms with Crippen molar-refractivity contribution >= 4 is 17.7 Å². The van der Waals surface area contributed by atoms with E-state index in [1.807, 2.05) is 12.2 Å². The van der Waals surface area contributed by atoms with E-state index in [2.05, 4.69) is 22.4 Å². The van der Waals surface area contributed by atoms with Crippen LogP contribution >= 0.6 is 0 Å². The number of H-pyrrole nitrogens is 1. The number of hydrogen-bond donors (Lipinski definition) is 3. The van der Waals surface area contributed by atoms with Gasteiger partial charge in [-0.05, 0) is 24.7 Å². The van der Waals surface area contributed by atoms with Crippen LogP contribution in [0.3, 0.4) is 0 Å². The summed E-state index contributed by atoms with van der Waals surface area (Å²) in [6.45, 7) is 2.07. The monoisotopic (exact) mass is 289 g/mol. The molecular formula is C15H19N3O3. The molecule has 1 heterocycles. The fourth-order valence-corrected chi connectivity index (χ4v) is 3.55. The lowest BCUT2D eigenvalue weighted by Crippen LogP contribution is -2.36. The molecule has 0 aromatic carbocycles. The highest BCUT2D eigenvalue weighted by Gasteiger charge is 2.51. The molecule has 4 atom stereocenters. The van der Waals surface area contributed by atoms with Crippen LogP contribution in [0.5, 0.6) is 0 Å². The zero-order valence-corrected chi connectivity index (χ0v) is 11.9. The number of aryl methyl sites for hydroxylation is 1. The molecule has 21 heavy (non-hydrogen) atoms. The van der Waals surface area contributed by atoms with E-state index in [4.69, 9.17) is 0 Å². The van der Waals surface area contributed by atoms with Crippen LogP contribution in [0.1, 0.15) is 25.5 Å². The lowest BCUT2D eigenvalue weighted by Gasteiger charge is -2.23. The molecule has 1 fully saturated rings. The van der Waals surface area contributed by atoms with Crippen molar-refractivity contribution in [2.24, 2.45) is 23.7 Å². The molecule has 2 unspecified atom stereocenters. The molecule has 0 spiro atoms. The van der Waals surface area contributed by atoms with Gasteiger partial charge in [0, 0.05) is 11.8 Å². The van der Waals surface area contributed by atoms with Crippen molar-refractivity contribution in [3.8, 4) is 0 Å². The molecule has 0 saturated heterocycles. The Morgan fingerprint density at radius 1 is 1.38 bits per heavy atom. The third-order valence-corrected chi connectivity index (χ3v) is 4.45. The predicted molar refractivity (Wildman–Crippen MR) is 76.6 cm³/mol. The Morgan fingerprint density at radius 2 is 2.10 bits per heavy atom. The molecule has 3 rings (SSSR count). The number of aromatic amines is 1. The van der Waals surface area contributed by atoms with Crippen molar-refractivity contribution in [1.29, 1.82) is 0 Å². The number of allylic oxidation sites excluding steroid dienone is 2. The average molecular weight is 289 g/mol. The van der Waals surface area contributed by atoms with Crippen LogP contribution in [-0.4, -0.2) is 27.2 Å². The first-order valence-electron chi connectivity index (χ1n) is 7.36. The topological polar surface area (TPSA) is 95.1 Å². The number of carboxylic acids is 1. The van der Waals surface area contributed by atoms with Gasteiger partial charge in [0.05, 0.1) is 11.8 Å². The predicted octanol–water partition coefficient (Wildman–Crippen LogP) is 1.82. The second kappa shape index (κ2) is 5.35. The maximum absolute atomic E-state index is 12.4. The van der Waals surface area contributed by atoms with Gasteiger partial charge in [0.25, 0.3) is 0 Å². The van der Waals surface area contributed by atoms with E-state index >= 15 is 0 Å². The number of aromatic nitrogens is 2. The standard InChI is InChI=1S/C15H19N3O3/c1-2-3-10-7-11(18-17-10)16-14(19)12-8-4-5-9(6-8)13(12)15(20)21/h4-5,7-9,12-13H,2-3,6H2,1H3,(H,20,21)(H2,16,17,18,19)/t8?,9?,12-,13+/m0/s1. The summed E-state index contributed by atoms with van der Waals surface area (Å²) in [6.07, 6.45) is 6.53. The van der Waals surface area contributed by atoms with Gasteiger partial charge in [-0.15, -0.1) is 0 Å². The highest BCUT2D eigenvalue weighted by atomic mass is 16.4. The van der Waals surface area contributed by atoms with Crippen molar-refractivity contribution in [2.45, 2.75) is 26.2 Å². The Labute approximate surface area is 122 Å². The van der Waals surface area contributed by atoms with Crippen molar-refractivity contribution in [3.63, 3.8) is 0 Å². The van der Waals surface area contributed by atoms with E-state index in [1.54, 1.807) is 6.07 Å². The van der Waals surface area contributed by atoms with Gasteiger partial charge in [0.1, 0.15) is 0 Å². The Hall–Kier alpha value is -2.11. The second-order valence-electron chi connectivity index (χ2n) is 5.86. The van der Waals surface area contributed by atoms with Gasteiger partial charge in [0.2, 0.25) is 5.91 Å². The Bertz CT molecular complexity index is 593. The van der Waals surface area contributed by atoms with Crippen LogP contribution < -0.4 is 5.32 Å². The van der Waals surface area contributed by atoms with E-state index in [0.29, 0.717) is 5.82 Å². The minimum Gasteiger partial charge on any atom is -0.481 e. The minimum absolute atomic E-state index is 0.0157. The van der Waals surface area contributed by atoms with E-state index < -0.39 is 17.8 Å². The van der Waals surface area contributed by atoms with Gasteiger partial charge < -0.3 is 10.4 Å². The number of fused-ring (bicyclic) bond motifs is 2. The molecule has 1 saturated carbocycles.